The topological polar surface area (TPSA) is 34.0 Å². The maximum Gasteiger partial charge on any atom is 0.160 e. The third-order valence-electron chi connectivity index (χ3n) is 9.34. The first-order valence-electron chi connectivity index (χ1n) is 16.8. The first kappa shape index (κ1) is 29.4. The van der Waals surface area contributed by atoms with E-state index in [1.807, 2.05) is 30.3 Å². The van der Waals surface area contributed by atoms with E-state index in [0.717, 1.165) is 67.3 Å². The summed E-state index contributed by atoms with van der Waals surface area (Å²) in [6, 6.07) is 55.0. The molecule has 0 saturated heterocycles. The lowest BCUT2D eigenvalue weighted by molar-refractivity contribution is 1.14. The van der Waals surface area contributed by atoms with E-state index in [9.17, 15) is 0 Å². The van der Waals surface area contributed by atoms with Gasteiger partial charge in [0.2, 0.25) is 0 Å². The van der Waals surface area contributed by atoms with Crippen LogP contribution in [0.5, 0.6) is 0 Å². The minimum Gasteiger partial charge on any atom is -0.316 e. The van der Waals surface area contributed by atoms with Gasteiger partial charge in [0.1, 0.15) is 0 Å². The van der Waals surface area contributed by atoms with Crippen molar-refractivity contribution in [3.8, 4) is 39.6 Å². The van der Waals surface area contributed by atoms with Crippen molar-refractivity contribution in [1.82, 2.24) is 14.5 Å². The Morgan fingerprint density at radius 3 is 1.80 bits per heavy atom. The number of allylic oxidation sites excluding steroid dienone is 4. The number of fused-ring (bicyclic) bond motifs is 4. The molecule has 0 atom stereocenters. The molecule has 9 rings (SSSR count). The number of hydrogen-bond donors (Lipinski definition) is 0. The molecule has 0 fully saturated rings. The molecule has 236 valence electrons. The SMILES string of the molecule is C=C1/C=C\C=C/N(c2cccc(-n3c4ccccc4c4ccccc43)c2-c2cc(-c3ccccc3)nc(-c3ccccc3)n2)c2ccccc21. The molecule has 2 aromatic heterocycles. The number of rotatable bonds is 5. The summed E-state index contributed by atoms with van der Waals surface area (Å²) in [5.74, 6) is 0.671. The van der Waals surface area contributed by atoms with Gasteiger partial charge in [-0.15, -0.1) is 0 Å². The van der Waals surface area contributed by atoms with Gasteiger partial charge in [-0.25, -0.2) is 9.97 Å². The van der Waals surface area contributed by atoms with Gasteiger partial charge in [0.05, 0.1) is 39.5 Å². The Kier molecular flexibility index (Phi) is 7.25. The first-order chi connectivity index (χ1) is 24.7. The highest BCUT2D eigenvalue weighted by atomic mass is 15.1. The Morgan fingerprint density at radius 1 is 0.480 bits per heavy atom. The fourth-order valence-electron chi connectivity index (χ4n) is 7.05. The van der Waals surface area contributed by atoms with Crippen LogP contribution in [-0.4, -0.2) is 14.5 Å². The summed E-state index contributed by atoms with van der Waals surface area (Å²) in [4.78, 5) is 12.8. The fraction of sp³-hybridized carbons (Fsp3) is 0. The second-order valence-corrected chi connectivity index (χ2v) is 12.3. The molecule has 4 nitrogen and oxygen atoms in total. The molecule has 1 aliphatic rings. The van der Waals surface area contributed by atoms with E-state index in [1.165, 1.54) is 10.8 Å². The van der Waals surface area contributed by atoms with Crippen LogP contribution >= 0.6 is 0 Å². The van der Waals surface area contributed by atoms with Gasteiger partial charge in [0, 0.05) is 39.2 Å². The van der Waals surface area contributed by atoms with Crippen LogP contribution in [0.15, 0.2) is 189 Å². The van der Waals surface area contributed by atoms with Crippen LogP contribution in [-0.2, 0) is 0 Å². The van der Waals surface area contributed by atoms with Crippen molar-refractivity contribution in [3.05, 3.63) is 194 Å². The highest BCUT2D eigenvalue weighted by Crippen LogP contribution is 2.45. The average Bonchev–Trinajstić information content (AvgIpc) is 3.52. The van der Waals surface area contributed by atoms with Crippen molar-refractivity contribution >= 4 is 38.8 Å². The second kappa shape index (κ2) is 12.3. The molecule has 0 aliphatic carbocycles. The van der Waals surface area contributed by atoms with E-state index in [1.54, 1.807) is 0 Å². The number of nitrogens with zero attached hydrogens (tertiary/aromatic N) is 4. The summed E-state index contributed by atoms with van der Waals surface area (Å²) in [6.45, 7) is 4.41. The third-order valence-corrected chi connectivity index (χ3v) is 9.34. The smallest absolute Gasteiger partial charge is 0.160 e. The molecule has 0 saturated carbocycles. The molecule has 0 spiro atoms. The maximum atomic E-state index is 5.39. The molecule has 8 aromatic rings. The molecule has 0 N–H and O–H groups in total. The van der Waals surface area contributed by atoms with Crippen molar-refractivity contribution in [2.75, 3.05) is 4.90 Å². The zero-order valence-electron chi connectivity index (χ0n) is 27.3. The number of para-hydroxylation sites is 3. The van der Waals surface area contributed by atoms with Gasteiger partial charge in [-0.05, 0) is 48.0 Å². The summed E-state index contributed by atoms with van der Waals surface area (Å²) in [7, 11) is 0. The highest BCUT2D eigenvalue weighted by Gasteiger charge is 2.24. The molecule has 0 bridgehead atoms. The Hall–Kier alpha value is -6.78. The molecule has 0 radical (unpaired) electrons. The number of hydrogen-bond acceptors (Lipinski definition) is 3. The van der Waals surface area contributed by atoms with Crippen molar-refractivity contribution in [3.63, 3.8) is 0 Å². The third kappa shape index (κ3) is 5.02. The lowest BCUT2D eigenvalue weighted by Gasteiger charge is -2.28. The van der Waals surface area contributed by atoms with Gasteiger partial charge in [0.25, 0.3) is 0 Å². The summed E-state index contributed by atoms with van der Waals surface area (Å²) in [5, 5.41) is 2.41. The van der Waals surface area contributed by atoms with E-state index in [4.69, 9.17) is 9.97 Å². The minimum absolute atomic E-state index is 0.671. The zero-order chi connectivity index (χ0) is 33.4. The van der Waals surface area contributed by atoms with Gasteiger partial charge in [-0.1, -0.05) is 140 Å². The first-order valence-corrected chi connectivity index (χ1v) is 16.8. The van der Waals surface area contributed by atoms with Crippen LogP contribution in [0.3, 0.4) is 0 Å². The Morgan fingerprint density at radius 2 is 1.06 bits per heavy atom. The fourth-order valence-corrected chi connectivity index (χ4v) is 7.05. The summed E-state index contributed by atoms with van der Waals surface area (Å²) in [6.07, 6.45) is 8.31. The van der Waals surface area contributed by atoms with Gasteiger partial charge in [-0.3, -0.25) is 0 Å². The Balaban J connectivity index is 1.42. The molecule has 3 heterocycles. The molecule has 0 unspecified atom stereocenters. The standard InChI is InChI=1S/C46H32N4/c1-32-17-14-15-30-49(40-25-11-8-22-35(32)40)43-28-16-29-44(50-41-26-12-9-23-36(41)37-24-10-13-27-42(37)50)45(43)39-31-38(33-18-4-2-5-19-33)47-46(48-39)34-20-6-3-7-21-34/h2-31H,1H2/b17-14-,30-15-. The summed E-state index contributed by atoms with van der Waals surface area (Å²) in [5.41, 5.74) is 12.0. The largest absolute Gasteiger partial charge is 0.316 e. The zero-order valence-corrected chi connectivity index (χ0v) is 27.3. The normalized spacial score (nSPS) is 13.9. The van der Waals surface area contributed by atoms with E-state index in [2.05, 4.69) is 168 Å². The predicted molar refractivity (Wildman–Crippen MR) is 209 cm³/mol. The van der Waals surface area contributed by atoms with Crippen LogP contribution in [0.1, 0.15) is 5.56 Å². The van der Waals surface area contributed by atoms with Gasteiger partial charge in [0.15, 0.2) is 5.82 Å². The number of benzene rings is 6. The van der Waals surface area contributed by atoms with Gasteiger partial charge in [-0.2, -0.15) is 0 Å². The molecule has 0 amide bonds. The molecular formula is C46H32N4. The Bertz CT molecular complexity index is 2500. The summed E-state index contributed by atoms with van der Waals surface area (Å²) < 4.78 is 2.38. The van der Waals surface area contributed by atoms with Crippen LogP contribution < -0.4 is 4.90 Å². The number of anilines is 2. The lowest BCUT2D eigenvalue weighted by Crippen LogP contribution is -2.14. The van der Waals surface area contributed by atoms with Crippen molar-refractivity contribution < 1.29 is 0 Å². The van der Waals surface area contributed by atoms with Crippen molar-refractivity contribution in [1.29, 1.82) is 0 Å². The molecule has 1 aliphatic heterocycles. The Labute approximate surface area is 291 Å². The molecule has 4 heteroatoms. The molecular weight excluding hydrogens is 609 g/mol. The van der Waals surface area contributed by atoms with E-state index < -0.39 is 0 Å². The minimum atomic E-state index is 0.671. The van der Waals surface area contributed by atoms with Gasteiger partial charge < -0.3 is 9.47 Å². The average molecular weight is 641 g/mol. The van der Waals surface area contributed by atoms with Gasteiger partial charge >= 0.3 is 0 Å². The lowest BCUT2D eigenvalue weighted by atomic mass is 9.99. The molecule has 50 heavy (non-hydrogen) atoms. The second-order valence-electron chi connectivity index (χ2n) is 12.3. The van der Waals surface area contributed by atoms with Crippen LogP contribution in [0, 0.1) is 0 Å². The van der Waals surface area contributed by atoms with E-state index in [0.29, 0.717) is 5.82 Å². The highest BCUT2D eigenvalue weighted by molar-refractivity contribution is 6.10. The molecule has 6 aromatic carbocycles. The van der Waals surface area contributed by atoms with E-state index >= 15 is 0 Å². The quantitative estimate of drug-likeness (QED) is 0.188. The van der Waals surface area contributed by atoms with Crippen molar-refractivity contribution in [2.24, 2.45) is 0 Å². The van der Waals surface area contributed by atoms with Crippen molar-refractivity contribution in [2.45, 2.75) is 0 Å². The monoisotopic (exact) mass is 640 g/mol. The van der Waals surface area contributed by atoms with E-state index in [-0.39, 0.29) is 0 Å². The summed E-state index contributed by atoms with van der Waals surface area (Å²) >= 11 is 0. The van der Waals surface area contributed by atoms with Crippen LogP contribution in [0.2, 0.25) is 0 Å². The van der Waals surface area contributed by atoms with Crippen LogP contribution in [0.25, 0.3) is 67.0 Å². The predicted octanol–water partition coefficient (Wildman–Crippen LogP) is 11.8. The number of aromatic nitrogens is 3. The maximum absolute atomic E-state index is 5.39. The van der Waals surface area contributed by atoms with Crippen LogP contribution in [0.4, 0.5) is 11.4 Å².